The second kappa shape index (κ2) is 5.77. The van der Waals surface area contributed by atoms with Gasteiger partial charge in [0.15, 0.2) is 11.5 Å². The zero-order valence-corrected chi connectivity index (χ0v) is 13.1. The molecule has 2 aromatic heterocycles. The van der Waals surface area contributed by atoms with Crippen LogP contribution in [0.15, 0.2) is 59.1 Å². The van der Waals surface area contributed by atoms with Gasteiger partial charge in [-0.3, -0.25) is 9.78 Å². The summed E-state index contributed by atoms with van der Waals surface area (Å²) < 4.78 is 5.51. The molecule has 0 atom stereocenters. The van der Waals surface area contributed by atoms with Gasteiger partial charge in [-0.2, -0.15) is 0 Å². The van der Waals surface area contributed by atoms with Crippen molar-refractivity contribution < 1.29 is 9.21 Å². The van der Waals surface area contributed by atoms with Crippen LogP contribution in [0.3, 0.4) is 0 Å². The number of aromatic nitrogens is 2. The Morgan fingerprint density at radius 2 is 2.04 bits per heavy atom. The number of carbonyl (C=O) groups is 1. The molecule has 1 amide bonds. The van der Waals surface area contributed by atoms with Crippen LogP contribution in [0, 0.1) is 6.92 Å². The third-order valence-electron chi connectivity index (χ3n) is 3.83. The fraction of sp³-hybridized carbons (Fsp3) is 0.105. The van der Waals surface area contributed by atoms with Gasteiger partial charge in [0, 0.05) is 18.5 Å². The number of fused-ring (bicyclic) bond motifs is 2. The molecule has 0 fully saturated rings. The molecule has 24 heavy (non-hydrogen) atoms. The molecule has 0 saturated heterocycles. The number of nitrogens with zero attached hydrogens (tertiary/aromatic N) is 2. The van der Waals surface area contributed by atoms with Crippen molar-refractivity contribution in [2.75, 3.05) is 5.32 Å². The van der Waals surface area contributed by atoms with Crippen molar-refractivity contribution in [3.8, 4) is 0 Å². The zero-order valence-electron chi connectivity index (χ0n) is 13.1. The van der Waals surface area contributed by atoms with E-state index in [4.69, 9.17) is 4.42 Å². The first-order valence-electron chi connectivity index (χ1n) is 7.69. The second-order valence-corrected chi connectivity index (χ2v) is 5.64. The Bertz CT molecular complexity index is 1050. The summed E-state index contributed by atoms with van der Waals surface area (Å²) >= 11 is 0. The number of rotatable bonds is 3. The molecule has 0 spiro atoms. The quantitative estimate of drug-likeness (QED) is 0.623. The van der Waals surface area contributed by atoms with Gasteiger partial charge < -0.3 is 9.73 Å². The number of carbonyl (C=O) groups excluding carboxylic acids is 1. The predicted molar refractivity (Wildman–Crippen MR) is 92.8 cm³/mol. The predicted octanol–water partition coefficient (Wildman–Crippen LogP) is 3.87. The third-order valence-corrected chi connectivity index (χ3v) is 3.83. The van der Waals surface area contributed by atoms with Crippen molar-refractivity contribution >= 4 is 33.6 Å². The SMILES string of the molecule is Cc1nc2ccc(CC(=O)Nc3cccc4cccnc34)cc2o1. The molecule has 0 saturated carbocycles. The monoisotopic (exact) mass is 317 g/mol. The summed E-state index contributed by atoms with van der Waals surface area (Å²) in [6.07, 6.45) is 1.98. The number of aryl methyl sites for hydroxylation is 1. The Kier molecular flexibility index (Phi) is 3.46. The van der Waals surface area contributed by atoms with Gasteiger partial charge in [0.1, 0.15) is 5.52 Å². The molecule has 2 heterocycles. The van der Waals surface area contributed by atoms with Crippen LogP contribution < -0.4 is 5.32 Å². The van der Waals surface area contributed by atoms with Gasteiger partial charge in [0.2, 0.25) is 5.91 Å². The van der Waals surface area contributed by atoms with Crippen LogP contribution in [0.1, 0.15) is 11.5 Å². The molecule has 118 valence electrons. The Balaban J connectivity index is 1.56. The van der Waals surface area contributed by atoms with Crippen LogP contribution in [0.25, 0.3) is 22.0 Å². The van der Waals surface area contributed by atoms with Gasteiger partial charge in [0.05, 0.1) is 17.6 Å². The number of benzene rings is 2. The van der Waals surface area contributed by atoms with Crippen LogP contribution >= 0.6 is 0 Å². The highest BCUT2D eigenvalue weighted by Gasteiger charge is 2.09. The largest absolute Gasteiger partial charge is 0.441 e. The maximum absolute atomic E-state index is 12.4. The minimum Gasteiger partial charge on any atom is -0.441 e. The minimum absolute atomic E-state index is 0.0938. The molecule has 0 bridgehead atoms. The summed E-state index contributed by atoms with van der Waals surface area (Å²) in [5.74, 6) is 0.525. The molecular weight excluding hydrogens is 302 g/mol. The van der Waals surface area contributed by atoms with Gasteiger partial charge in [0.25, 0.3) is 0 Å². The van der Waals surface area contributed by atoms with Crippen LogP contribution in [0.4, 0.5) is 5.69 Å². The number of para-hydroxylation sites is 1. The molecule has 5 nitrogen and oxygen atoms in total. The molecule has 1 N–H and O–H groups in total. The number of amides is 1. The fourth-order valence-corrected chi connectivity index (χ4v) is 2.78. The summed E-state index contributed by atoms with van der Waals surface area (Å²) in [6.45, 7) is 1.81. The molecule has 0 aliphatic carbocycles. The molecule has 5 heteroatoms. The molecule has 0 radical (unpaired) electrons. The Morgan fingerprint density at radius 1 is 1.17 bits per heavy atom. The Morgan fingerprint density at radius 3 is 2.96 bits per heavy atom. The maximum Gasteiger partial charge on any atom is 0.228 e. The van der Waals surface area contributed by atoms with Gasteiger partial charge in [-0.25, -0.2) is 4.98 Å². The van der Waals surface area contributed by atoms with E-state index in [0.29, 0.717) is 11.5 Å². The van der Waals surface area contributed by atoms with Gasteiger partial charge in [-0.15, -0.1) is 0 Å². The molecule has 0 unspecified atom stereocenters. The number of pyridine rings is 1. The van der Waals surface area contributed by atoms with E-state index >= 15 is 0 Å². The van der Waals surface area contributed by atoms with E-state index < -0.39 is 0 Å². The number of anilines is 1. The first-order valence-corrected chi connectivity index (χ1v) is 7.69. The zero-order chi connectivity index (χ0) is 16.5. The van der Waals surface area contributed by atoms with Crippen LogP contribution in [-0.4, -0.2) is 15.9 Å². The molecule has 0 aliphatic rings. The van der Waals surface area contributed by atoms with Gasteiger partial charge in [-0.1, -0.05) is 24.3 Å². The topological polar surface area (TPSA) is 68.0 Å². The highest BCUT2D eigenvalue weighted by molar-refractivity contribution is 6.01. The standard InChI is InChI=1S/C19H15N3O2/c1-12-21-15-8-7-13(10-17(15)24-12)11-18(23)22-16-6-2-4-14-5-3-9-20-19(14)16/h2-10H,11H2,1H3,(H,22,23). The minimum atomic E-state index is -0.0938. The third kappa shape index (κ3) is 2.72. The van der Waals surface area contributed by atoms with Gasteiger partial charge in [-0.05, 0) is 29.8 Å². The normalized spacial score (nSPS) is 11.0. The van der Waals surface area contributed by atoms with Crippen molar-refractivity contribution in [1.29, 1.82) is 0 Å². The number of oxazole rings is 1. The van der Waals surface area contributed by atoms with Crippen molar-refractivity contribution in [2.45, 2.75) is 13.3 Å². The van der Waals surface area contributed by atoms with Crippen molar-refractivity contribution in [3.05, 3.63) is 66.2 Å². The van der Waals surface area contributed by atoms with E-state index in [9.17, 15) is 4.79 Å². The average Bonchev–Trinajstić information content (AvgIpc) is 2.94. The lowest BCUT2D eigenvalue weighted by atomic mass is 10.1. The molecule has 2 aromatic carbocycles. The van der Waals surface area contributed by atoms with Crippen LogP contribution in [0.5, 0.6) is 0 Å². The maximum atomic E-state index is 12.4. The lowest BCUT2D eigenvalue weighted by Gasteiger charge is -2.08. The Hall–Kier alpha value is -3.21. The van der Waals surface area contributed by atoms with Crippen molar-refractivity contribution in [3.63, 3.8) is 0 Å². The van der Waals surface area contributed by atoms with E-state index in [-0.39, 0.29) is 12.3 Å². The van der Waals surface area contributed by atoms with Gasteiger partial charge >= 0.3 is 0 Å². The summed E-state index contributed by atoms with van der Waals surface area (Å²) in [7, 11) is 0. The molecular formula is C19H15N3O2. The Labute approximate surface area is 138 Å². The van der Waals surface area contributed by atoms with E-state index in [1.807, 2.05) is 48.5 Å². The molecule has 4 aromatic rings. The molecule has 4 rings (SSSR count). The average molecular weight is 317 g/mol. The lowest BCUT2D eigenvalue weighted by Crippen LogP contribution is -2.14. The number of nitrogens with one attached hydrogen (secondary N) is 1. The number of hydrogen-bond acceptors (Lipinski definition) is 4. The summed E-state index contributed by atoms with van der Waals surface area (Å²) in [5.41, 5.74) is 3.88. The van der Waals surface area contributed by atoms with E-state index in [2.05, 4.69) is 15.3 Å². The van der Waals surface area contributed by atoms with Crippen LogP contribution in [0.2, 0.25) is 0 Å². The number of hydrogen-bond donors (Lipinski definition) is 1. The van der Waals surface area contributed by atoms with Crippen molar-refractivity contribution in [2.24, 2.45) is 0 Å². The van der Waals surface area contributed by atoms with Crippen molar-refractivity contribution in [1.82, 2.24) is 9.97 Å². The highest BCUT2D eigenvalue weighted by atomic mass is 16.3. The summed E-state index contributed by atoms with van der Waals surface area (Å²) in [6, 6.07) is 15.2. The summed E-state index contributed by atoms with van der Waals surface area (Å²) in [5, 5.41) is 3.93. The summed E-state index contributed by atoms with van der Waals surface area (Å²) in [4.78, 5) is 21.0. The van der Waals surface area contributed by atoms with E-state index in [1.54, 1.807) is 13.1 Å². The highest BCUT2D eigenvalue weighted by Crippen LogP contribution is 2.21. The smallest absolute Gasteiger partial charge is 0.228 e. The first-order chi connectivity index (χ1) is 11.7. The lowest BCUT2D eigenvalue weighted by molar-refractivity contribution is -0.115. The van der Waals surface area contributed by atoms with E-state index in [1.165, 1.54) is 0 Å². The van der Waals surface area contributed by atoms with Crippen LogP contribution in [-0.2, 0) is 11.2 Å². The van der Waals surface area contributed by atoms with E-state index in [0.717, 1.165) is 27.7 Å². The molecule has 0 aliphatic heterocycles. The second-order valence-electron chi connectivity index (χ2n) is 5.64. The fourth-order valence-electron chi connectivity index (χ4n) is 2.78. The first kappa shape index (κ1) is 14.4.